The molecule has 0 radical (unpaired) electrons. The van der Waals surface area contributed by atoms with Crippen molar-refractivity contribution in [3.63, 3.8) is 0 Å². The molecule has 2 amide bonds. The highest BCUT2D eigenvalue weighted by atomic mass is 19.1. The van der Waals surface area contributed by atoms with E-state index in [1.54, 1.807) is 24.3 Å². The molecule has 0 aromatic heterocycles. The fourth-order valence-electron chi connectivity index (χ4n) is 4.37. The maximum atomic E-state index is 13.6. The summed E-state index contributed by atoms with van der Waals surface area (Å²) in [6.07, 6.45) is 1.55. The Hall–Kier alpha value is -3.62. The van der Waals surface area contributed by atoms with Crippen molar-refractivity contribution < 1.29 is 23.1 Å². The molecule has 6 nitrogen and oxygen atoms in total. The molecule has 0 spiro atoms. The number of ether oxygens (including phenoxy) is 1. The van der Waals surface area contributed by atoms with Gasteiger partial charge in [-0.25, -0.2) is 8.78 Å². The Bertz CT molecular complexity index is 1230. The monoisotopic (exact) mass is 479 g/mol. The van der Waals surface area contributed by atoms with Gasteiger partial charge >= 0.3 is 0 Å². The van der Waals surface area contributed by atoms with Crippen LogP contribution >= 0.6 is 0 Å². The molecule has 1 heterocycles. The van der Waals surface area contributed by atoms with Crippen molar-refractivity contribution in [3.05, 3.63) is 106 Å². The number of fused-ring (bicyclic) bond motifs is 1. The summed E-state index contributed by atoms with van der Waals surface area (Å²) in [5, 5.41) is 0. The lowest BCUT2D eigenvalue weighted by Gasteiger charge is -2.31. The molecule has 35 heavy (non-hydrogen) atoms. The van der Waals surface area contributed by atoms with Crippen molar-refractivity contribution in [2.24, 2.45) is 0 Å². The second-order valence-electron chi connectivity index (χ2n) is 8.82. The second kappa shape index (κ2) is 10.3. The first kappa shape index (κ1) is 24.5. The summed E-state index contributed by atoms with van der Waals surface area (Å²) in [6, 6.07) is 16.8. The molecule has 1 atom stereocenters. The predicted molar refractivity (Wildman–Crippen MR) is 128 cm³/mol. The van der Waals surface area contributed by atoms with Crippen LogP contribution in [-0.2, 0) is 16.9 Å². The van der Waals surface area contributed by atoms with E-state index in [0.717, 1.165) is 35.7 Å². The number of nitrogens with zero attached hydrogens (tertiary/aromatic N) is 1. The van der Waals surface area contributed by atoms with E-state index in [4.69, 9.17) is 4.74 Å². The average Bonchev–Trinajstić information content (AvgIpc) is 3.21. The molecule has 0 aliphatic carbocycles. The summed E-state index contributed by atoms with van der Waals surface area (Å²) in [4.78, 5) is 27.0. The van der Waals surface area contributed by atoms with E-state index < -0.39 is 23.2 Å². The summed E-state index contributed by atoms with van der Waals surface area (Å²) in [6.45, 7) is 1.17. The van der Waals surface area contributed by atoms with Crippen molar-refractivity contribution in [2.75, 3.05) is 20.6 Å². The first-order valence-electron chi connectivity index (χ1n) is 11.3. The Morgan fingerprint density at radius 3 is 2.26 bits per heavy atom. The number of nitrogens with one attached hydrogen (secondary N) is 2. The Morgan fingerprint density at radius 2 is 1.60 bits per heavy atom. The van der Waals surface area contributed by atoms with E-state index in [1.165, 1.54) is 30.3 Å². The third kappa shape index (κ3) is 5.39. The predicted octanol–water partition coefficient (Wildman–Crippen LogP) is 4.16. The van der Waals surface area contributed by atoms with E-state index in [9.17, 15) is 18.4 Å². The van der Waals surface area contributed by atoms with Crippen LogP contribution in [0.1, 0.15) is 50.2 Å². The number of hydrazine groups is 1. The number of amides is 2. The van der Waals surface area contributed by atoms with Gasteiger partial charge in [0.1, 0.15) is 17.2 Å². The topological polar surface area (TPSA) is 70.7 Å². The highest BCUT2D eigenvalue weighted by Crippen LogP contribution is 2.45. The number of carbonyl (C=O) groups excluding carboxylic acids is 2. The van der Waals surface area contributed by atoms with Crippen molar-refractivity contribution >= 4 is 11.8 Å². The standard InChI is InChI=1S/C27H27F2N3O3/c1-32(2)14-4-13-27(21-8-10-22(28)11-9-21)24-12-7-19(15-20(24)17-35-27)26(34)31-30-25(33)18-5-3-6-23(29)16-18/h3,5-12,15-16H,4,13-14,17H2,1-2H3,(H,30,33)(H,31,34). The van der Waals surface area contributed by atoms with Gasteiger partial charge in [-0.2, -0.15) is 0 Å². The van der Waals surface area contributed by atoms with Gasteiger partial charge in [0, 0.05) is 11.1 Å². The maximum Gasteiger partial charge on any atom is 0.269 e. The molecule has 3 aromatic rings. The molecule has 0 saturated carbocycles. The van der Waals surface area contributed by atoms with E-state index in [1.807, 2.05) is 20.2 Å². The summed E-state index contributed by atoms with van der Waals surface area (Å²) in [5.74, 6) is -2.00. The Balaban J connectivity index is 1.53. The van der Waals surface area contributed by atoms with Crippen LogP contribution in [0.4, 0.5) is 8.78 Å². The zero-order valence-electron chi connectivity index (χ0n) is 19.6. The van der Waals surface area contributed by atoms with E-state index in [2.05, 4.69) is 15.8 Å². The van der Waals surface area contributed by atoms with E-state index in [0.29, 0.717) is 18.6 Å². The van der Waals surface area contributed by atoms with Crippen molar-refractivity contribution in [2.45, 2.75) is 25.0 Å². The minimum Gasteiger partial charge on any atom is -0.361 e. The lowest BCUT2D eigenvalue weighted by molar-refractivity contribution is -0.0140. The van der Waals surface area contributed by atoms with Gasteiger partial charge in [-0.3, -0.25) is 20.4 Å². The SMILES string of the molecule is CN(C)CCCC1(c2ccc(F)cc2)OCc2cc(C(=O)NNC(=O)c3cccc(F)c3)ccc21. The normalized spacial score (nSPS) is 16.7. The highest BCUT2D eigenvalue weighted by Gasteiger charge is 2.41. The first-order chi connectivity index (χ1) is 16.8. The molecule has 2 N–H and O–H groups in total. The molecule has 0 bridgehead atoms. The molecule has 1 aliphatic heterocycles. The molecular formula is C27H27F2N3O3. The van der Waals surface area contributed by atoms with Gasteiger partial charge < -0.3 is 9.64 Å². The Morgan fingerprint density at radius 1 is 0.914 bits per heavy atom. The molecule has 3 aromatic carbocycles. The molecule has 1 unspecified atom stereocenters. The fraction of sp³-hybridized carbons (Fsp3) is 0.259. The van der Waals surface area contributed by atoms with Gasteiger partial charge in [-0.15, -0.1) is 0 Å². The Kier molecular flexibility index (Phi) is 7.23. The molecule has 8 heteroatoms. The quantitative estimate of drug-likeness (QED) is 0.500. The summed E-state index contributed by atoms with van der Waals surface area (Å²) >= 11 is 0. The van der Waals surface area contributed by atoms with Crippen molar-refractivity contribution in [1.82, 2.24) is 15.8 Å². The average molecular weight is 480 g/mol. The largest absolute Gasteiger partial charge is 0.361 e. The van der Waals surface area contributed by atoms with Crippen LogP contribution < -0.4 is 10.9 Å². The highest BCUT2D eigenvalue weighted by molar-refractivity contribution is 5.99. The number of rotatable bonds is 7. The lowest BCUT2D eigenvalue weighted by atomic mass is 9.81. The maximum absolute atomic E-state index is 13.6. The van der Waals surface area contributed by atoms with Crippen LogP contribution in [0.2, 0.25) is 0 Å². The number of benzene rings is 3. The zero-order chi connectivity index (χ0) is 25.0. The van der Waals surface area contributed by atoms with Gasteiger partial charge in [0.15, 0.2) is 0 Å². The van der Waals surface area contributed by atoms with Crippen LogP contribution in [0.3, 0.4) is 0 Å². The minimum absolute atomic E-state index is 0.0921. The van der Waals surface area contributed by atoms with Crippen LogP contribution in [0.5, 0.6) is 0 Å². The van der Waals surface area contributed by atoms with Gasteiger partial charge in [0.2, 0.25) is 0 Å². The first-order valence-corrected chi connectivity index (χ1v) is 11.3. The van der Waals surface area contributed by atoms with Gasteiger partial charge in [0.05, 0.1) is 6.61 Å². The van der Waals surface area contributed by atoms with Crippen LogP contribution in [0.25, 0.3) is 0 Å². The third-order valence-corrected chi connectivity index (χ3v) is 6.10. The van der Waals surface area contributed by atoms with Crippen molar-refractivity contribution in [1.29, 1.82) is 0 Å². The Labute approximate surface area is 202 Å². The molecular weight excluding hydrogens is 452 g/mol. The second-order valence-corrected chi connectivity index (χ2v) is 8.82. The summed E-state index contributed by atoms with van der Waals surface area (Å²) < 4.78 is 33.3. The minimum atomic E-state index is -0.736. The molecule has 0 fully saturated rings. The molecule has 182 valence electrons. The van der Waals surface area contributed by atoms with Gasteiger partial charge in [0.25, 0.3) is 11.8 Å². The van der Waals surface area contributed by atoms with Gasteiger partial charge in [-0.1, -0.05) is 24.3 Å². The zero-order valence-corrected chi connectivity index (χ0v) is 19.6. The number of hydrogen-bond acceptors (Lipinski definition) is 4. The number of carbonyl (C=O) groups is 2. The van der Waals surface area contributed by atoms with Crippen LogP contribution in [-0.4, -0.2) is 37.4 Å². The molecule has 0 saturated heterocycles. The van der Waals surface area contributed by atoms with Crippen LogP contribution in [0, 0.1) is 11.6 Å². The van der Waals surface area contributed by atoms with Crippen molar-refractivity contribution in [3.8, 4) is 0 Å². The van der Waals surface area contributed by atoms with E-state index in [-0.39, 0.29) is 11.4 Å². The fourth-order valence-corrected chi connectivity index (χ4v) is 4.37. The lowest BCUT2D eigenvalue weighted by Crippen LogP contribution is -2.41. The van der Waals surface area contributed by atoms with Gasteiger partial charge in [-0.05, 0) is 92.6 Å². The van der Waals surface area contributed by atoms with E-state index >= 15 is 0 Å². The smallest absolute Gasteiger partial charge is 0.269 e. The summed E-state index contributed by atoms with van der Waals surface area (Å²) in [5.41, 5.74) is 7.01. The number of hydrogen-bond donors (Lipinski definition) is 2. The molecule has 4 rings (SSSR count). The third-order valence-electron chi connectivity index (χ3n) is 6.10. The summed E-state index contributed by atoms with van der Waals surface area (Å²) in [7, 11) is 4.01. The number of halogens is 2. The van der Waals surface area contributed by atoms with Crippen LogP contribution in [0.15, 0.2) is 66.7 Å². The molecule has 1 aliphatic rings.